The SMILES string of the molecule is C=C(CCCCCC)B(C(C)C(C)C)C(C)C(C)C. The molecule has 0 nitrogen and oxygen atoms in total. The van der Waals surface area contributed by atoms with Crippen LogP contribution in [0, 0.1) is 11.8 Å². The summed E-state index contributed by atoms with van der Waals surface area (Å²) in [5.74, 6) is 2.99. The fourth-order valence-corrected chi connectivity index (χ4v) is 3.00. The lowest BCUT2D eigenvalue weighted by atomic mass is 9.27. The average Bonchev–Trinajstić information content (AvgIpc) is 2.34. The zero-order valence-electron chi connectivity index (χ0n) is 14.6. The van der Waals surface area contributed by atoms with Gasteiger partial charge in [-0.15, -0.1) is 12.1 Å². The predicted molar refractivity (Wildman–Crippen MR) is 92.2 cm³/mol. The van der Waals surface area contributed by atoms with Crippen molar-refractivity contribution in [3.05, 3.63) is 12.1 Å². The Morgan fingerprint density at radius 3 is 1.68 bits per heavy atom. The van der Waals surface area contributed by atoms with Gasteiger partial charge >= 0.3 is 0 Å². The third kappa shape index (κ3) is 6.68. The van der Waals surface area contributed by atoms with E-state index in [4.69, 9.17) is 0 Å². The molecule has 0 bridgehead atoms. The normalized spacial score (nSPS) is 14.8. The van der Waals surface area contributed by atoms with Crippen LogP contribution in [0.3, 0.4) is 0 Å². The molecule has 0 aliphatic heterocycles. The van der Waals surface area contributed by atoms with Crippen LogP contribution in [0.1, 0.15) is 80.6 Å². The highest BCUT2D eigenvalue weighted by Crippen LogP contribution is 2.37. The van der Waals surface area contributed by atoms with Crippen molar-refractivity contribution < 1.29 is 0 Å². The highest BCUT2D eigenvalue weighted by molar-refractivity contribution is 6.69. The van der Waals surface area contributed by atoms with Crippen LogP contribution in [0.15, 0.2) is 12.1 Å². The maximum atomic E-state index is 4.46. The van der Waals surface area contributed by atoms with E-state index in [0.29, 0.717) is 6.71 Å². The summed E-state index contributed by atoms with van der Waals surface area (Å²) >= 11 is 0. The first-order valence-corrected chi connectivity index (χ1v) is 8.50. The summed E-state index contributed by atoms with van der Waals surface area (Å²) in [6.45, 7) is 21.7. The first-order valence-electron chi connectivity index (χ1n) is 8.50. The van der Waals surface area contributed by atoms with Crippen molar-refractivity contribution in [2.24, 2.45) is 11.8 Å². The van der Waals surface area contributed by atoms with Crippen LogP contribution in [-0.4, -0.2) is 6.71 Å². The molecular formula is C18H37B. The van der Waals surface area contributed by atoms with Crippen LogP contribution in [0.5, 0.6) is 0 Å². The van der Waals surface area contributed by atoms with Crippen molar-refractivity contribution in [1.29, 1.82) is 0 Å². The van der Waals surface area contributed by atoms with Gasteiger partial charge in [0.05, 0.1) is 0 Å². The lowest BCUT2D eigenvalue weighted by Crippen LogP contribution is -2.32. The van der Waals surface area contributed by atoms with Gasteiger partial charge in [0.2, 0.25) is 0 Å². The van der Waals surface area contributed by atoms with E-state index in [1.165, 1.54) is 37.6 Å². The Bertz CT molecular complexity index is 228. The highest BCUT2D eigenvalue weighted by atomic mass is 14.1. The number of hydrogen-bond acceptors (Lipinski definition) is 0. The van der Waals surface area contributed by atoms with Gasteiger partial charge in [-0.05, 0) is 6.42 Å². The van der Waals surface area contributed by atoms with Crippen LogP contribution >= 0.6 is 0 Å². The molecule has 1 heteroatoms. The maximum Gasteiger partial charge on any atom is 0.176 e. The largest absolute Gasteiger partial charge is 0.176 e. The summed E-state index contributed by atoms with van der Waals surface area (Å²) in [6.07, 6.45) is 6.63. The van der Waals surface area contributed by atoms with E-state index in [1.54, 1.807) is 0 Å². The standard InChI is InChI=1S/C18H37B/c1-9-10-11-12-13-16(6)19(17(7)14(2)3)18(8)15(4)5/h14-15,17-18H,6,9-13H2,1-5,7-8H3. The minimum absolute atomic E-state index is 0.696. The van der Waals surface area contributed by atoms with E-state index in [9.17, 15) is 0 Å². The molecule has 19 heavy (non-hydrogen) atoms. The Morgan fingerprint density at radius 1 is 0.842 bits per heavy atom. The molecule has 0 radical (unpaired) electrons. The molecule has 0 aliphatic carbocycles. The van der Waals surface area contributed by atoms with Gasteiger partial charge in [-0.25, -0.2) is 0 Å². The first kappa shape index (κ1) is 18.8. The van der Waals surface area contributed by atoms with Crippen molar-refractivity contribution in [3.63, 3.8) is 0 Å². The molecule has 0 rings (SSSR count). The Kier molecular flexibility index (Phi) is 9.57. The van der Waals surface area contributed by atoms with Crippen LogP contribution in [0.2, 0.25) is 11.6 Å². The third-order valence-corrected chi connectivity index (χ3v) is 5.06. The fraction of sp³-hybridized carbons (Fsp3) is 0.889. The van der Waals surface area contributed by atoms with Crippen LogP contribution in [0.4, 0.5) is 0 Å². The molecule has 0 aromatic carbocycles. The summed E-state index contributed by atoms with van der Waals surface area (Å²) in [5, 5.41) is 0. The second kappa shape index (κ2) is 9.67. The predicted octanol–water partition coefficient (Wildman–Crippen LogP) is 6.64. The Hall–Kier alpha value is -0.195. The van der Waals surface area contributed by atoms with E-state index in [0.717, 1.165) is 23.5 Å². The Labute approximate surface area is 123 Å². The van der Waals surface area contributed by atoms with E-state index >= 15 is 0 Å². The monoisotopic (exact) mass is 264 g/mol. The molecule has 0 fully saturated rings. The molecule has 2 unspecified atom stereocenters. The van der Waals surface area contributed by atoms with E-state index in [1.807, 2.05) is 0 Å². The molecule has 0 N–H and O–H groups in total. The van der Waals surface area contributed by atoms with Gasteiger partial charge in [0.25, 0.3) is 0 Å². The summed E-state index contributed by atoms with van der Waals surface area (Å²) < 4.78 is 0. The minimum Gasteiger partial charge on any atom is -0.108 e. The average molecular weight is 264 g/mol. The number of unbranched alkanes of at least 4 members (excludes halogenated alkanes) is 3. The second-order valence-electron chi connectivity index (χ2n) is 7.20. The van der Waals surface area contributed by atoms with Gasteiger partial charge in [0.15, 0.2) is 6.71 Å². The molecule has 0 aliphatic rings. The van der Waals surface area contributed by atoms with Crippen LogP contribution in [-0.2, 0) is 0 Å². The fourth-order valence-electron chi connectivity index (χ4n) is 3.00. The molecule has 0 spiro atoms. The zero-order valence-corrected chi connectivity index (χ0v) is 14.6. The number of rotatable bonds is 10. The quantitative estimate of drug-likeness (QED) is 0.306. The van der Waals surface area contributed by atoms with Gasteiger partial charge in [0, 0.05) is 0 Å². The summed E-state index contributed by atoms with van der Waals surface area (Å²) in [4.78, 5) is 0. The topological polar surface area (TPSA) is 0 Å². The summed E-state index contributed by atoms with van der Waals surface area (Å²) in [6, 6.07) is 0. The molecule has 0 heterocycles. The van der Waals surface area contributed by atoms with Crippen molar-refractivity contribution in [2.45, 2.75) is 92.2 Å². The molecular weight excluding hydrogens is 227 g/mol. The van der Waals surface area contributed by atoms with Crippen LogP contribution in [0.25, 0.3) is 0 Å². The molecule has 0 aromatic heterocycles. The summed E-state index contributed by atoms with van der Waals surface area (Å²) in [5.41, 5.74) is 1.51. The van der Waals surface area contributed by atoms with Gasteiger partial charge in [-0.1, -0.05) is 97.6 Å². The van der Waals surface area contributed by atoms with E-state index in [-0.39, 0.29) is 0 Å². The summed E-state index contributed by atoms with van der Waals surface area (Å²) in [7, 11) is 0. The van der Waals surface area contributed by atoms with E-state index in [2.05, 4.69) is 55.0 Å². The number of hydrogen-bond donors (Lipinski definition) is 0. The van der Waals surface area contributed by atoms with Crippen molar-refractivity contribution in [3.8, 4) is 0 Å². The van der Waals surface area contributed by atoms with Gasteiger partial charge in [-0.2, -0.15) is 0 Å². The molecule has 2 atom stereocenters. The molecule has 0 aromatic rings. The first-order chi connectivity index (χ1) is 8.82. The van der Waals surface area contributed by atoms with Crippen molar-refractivity contribution in [1.82, 2.24) is 0 Å². The highest BCUT2D eigenvalue weighted by Gasteiger charge is 2.32. The second-order valence-corrected chi connectivity index (χ2v) is 7.20. The lowest BCUT2D eigenvalue weighted by molar-refractivity contribution is 0.562. The van der Waals surface area contributed by atoms with Gasteiger partial charge in [-0.3, -0.25) is 0 Å². The van der Waals surface area contributed by atoms with E-state index < -0.39 is 0 Å². The van der Waals surface area contributed by atoms with Crippen LogP contribution < -0.4 is 0 Å². The molecule has 0 amide bonds. The maximum absolute atomic E-state index is 4.46. The zero-order chi connectivity index (χ0) is 15.0. The Morgan fingerprint density at radius 2 is 1.32 bits per heavy atom. The molecule has 112 valence electrons. The smallest absolute Gasteiger partial charge is 0.108 e. The van der Waals surface area contributed by atoms with Gasteiger partial charge < -0.3 is 0 Å². The van der Waals surface area contributed by atoms with Crippen molar-refractivity contribution >= 4 is 6.71 Å². The molecule has 0 saturated heterocycles. The Balaban J connectivity index is 4.60. The lowest BCUT2D eigenvalue weighted by Gasteiger charge is -2.33. The third-order valence-electron chi connectivity index (χ3n) is 5.06. The van der Waals surface area contributed by atoms with Crippen molar-refractivity contribution in [2.75, 3.05) is 0 Å². The number of allylic oxidation sites excluding steroid dienone is 1. The minimum atomic E-state index is 0.696. The molecule has 0 saturated carbocycles. The van der Waals surface area contributed by atoms with Gasteiger partial charge in [0.1, 0.15) is 0 Å².